The molecule has 4 heteroatoms. The summed E-state index contributed by atoms with van der Waals surface area (Å²) in [7, 11) is 0. The number of carbonyl (C=O) groups excluding carboxylic acids is 1. The van der Waals surface area contributed by atoms with Crippen LogP contribution in [0.5, 0.6) is 0 Å². The van der Waals surface area contributed by atoms with Crippen LogP contribution in [0, 0.1) is 5.92 Å². The molecule has 3 fully saturated rings. The van der Waals surface area contributed by atoms with Gasteiger partial charge in [-0.25, -0.2) is 0 Å². The largest absolute Gasteiger partial charge is 0.337 e. The summed E-state index contributed by atoms with van der Waals surface area (Å²) in [6.07, 6.45) is 4.95. The normalized spacial score (nSPS) is 40.2. The number of piperidine rings is 1. The van der Waals surface area contributed by atoms with Gasteiger partial charge in [-0.1, -0.05) is 6.42 Å². The van der Waals surface area contributed by atoms with Gasteiger partial charge in [0.15, 0.2) is 0 Å². The Morgan fingerprint density at radius 1 is 1.16 bits per heavy atom. The van der Waals surface area contributed by atoms with E-state index in [-0.39, 0.29) is 5.92 Å². The Kier molecular flexibility index (Phi) is 3.81. The number of fused-ring (bicyclic) bond motifs is 1. The Bertz CT molecular complexity index is 346. The van der Waals surface area contributed by atoms with E-state index in [1.54, 1.807) is 0 Å². The first kappa shape index (κ1) is 13.4. The second-order valence-electron chi connectivity index (χ2n) is 6.62. The lowest BCUT2D eigenvalue weighted by molar-refractivity contribution is -0.142. The lowest BCUT2D eigenvalue weighted by Crippen LogP contribution is -2.61. The zero-order chi connectivity index (χ0) is 13.4. The van der Waals surface area contributed by atoms with E-state index in [9.17, 15) is 4.79 Å². The van der Waals surface area contributed by atoms with Crippen LogP contribution in [0.2, 0.25) is 0 Å². The summed E-state index contributed by atoms with van der Waals surface area (Å²) in [5, 5.41) is 3.40. The molecule has 1 amide bonds. The maximum Gasteiger partial charge on any atom is 0.227 e. The molecule has 1 N–H and O–H groups in total. The van der Waals surface area contributed by atoms with Gasteiger partial charge >= 0.3 is 0 Å². The minimum Gasteiger partial charge on any atom is -0.337 e. The number of hydrogen-bond donors (Lipinski definition) is 1. The molecular weight excluding hydrogens is 238 g/mol. The van der Waals surface area contributed by atoms with Crippen molar-refractivity contribution < 1.29 is 4.79 Å². The highest BCUT2D eigenvalue weighted by atomic mass is 16.2. The molecule has 0 aromatic carbocycles. The Morgan fingerprint density at radius 3 is 2.74 bits per heavy atom. The zero-order valence-electron chi connectivity index (χ0n) is 12.3. The maximum absolute atomic E-state index is 12.8. The summed E-state index contributed by atoms with van der Waals surface area (Å²) < 4.78 is 0. The molecule has 0 bridgehead atoms. The fraction of sp³-hybridized carbons (Fsp3) is 0.933. The van der Waals surface area contributed by atoms with E-state index in [2.05, 4.69) is 29.0 Å². The standard InChI is InChI=1S/C15H27N3O/c1-11-9-17-8-4-3-5-13(17)10-18(11)15(19)14-6-7-16-12(14)2/h11-14,16H,3-10H2,1-2H3. The molecule has 3 saturated heterocycles. The molecule has 4 unspecified atom stereocenters. The van der Waals surface area contributed by atoms with Gasteiger partial charge in [0.05, 0.1) is 5.92 Å². The highest BCUT2D eigenvalue weighted by molar-refractivity contribution is 5.80. The summed E-state index contributed by atoms with van der Waals surface area (Å²) in [6, 6.07) is 1.36. The Labute approximate surface area is 116 Å². The quantitative estimate of drug-likeness (QED) is 0.770. The highest BCUT2D eigenvalue weighted by Crippen LogP contribution is 2.27. The van der Waals surface area contributed by atoms with Gasteiger partial charge in [0.1, 0.15) is 0 Å². The topological polar surface area (TPSA) is 35.6 Å². The van der Waals surface area contributed by atoms with E-state index in [1.165, 1.54) is 25.8 Å². The van der Waals surface area contributed by atoms with Crippen LogP contribution in [-0.4, -0.2) is 60.0 Å². The first-order valence-corrected chi connectivity index (χ1v) is 7.94. The van der Waals surface area contributed by atoms with Crippen LogP contribution < -0.4 is 5.32 Å². The number of amides is 1. The average molecular weight is 265 g/mol. The SMILES string of the molecule is CC1NCCC1C(=O)N1CC2CCCCN2CC1C. The minimum absolute atomic E-state index is 0.206. The highest BCUT2D eigenvalue weighted by Gasteiger charge is 2.39. The van der Waals surface area contributed by atoms with Gasteiger partial charge in [-0.15, -0.1) is 0 Å². The second-order valence-corrected chi connectivity index (χ2v) is 6.62. The van der Waals surface area contributed by atoms with Crippen LogP contribution in [0.4, 0.5) is 0 Å². The Balaban J connectivity index is 1.68. The van der Waals surface area contributed by atoms with E-state index < -0.39 is 0 Å². The third-order valence-electron chi connectivity index (χ3n) is 5.31. The number of hydrogen-bond acceptors (Lipinski definition) is 3. The molecule has 0 aliphatic carbocycles. The van der Waals surface area contributed by atoms with Gasteiger partial charge < -0.3 is 10.2 Å². The predicted octanol–water partition coefficient (Wildman–Crippen LogP) is 1.07. The summed E-state index contributed by atoms with van der Waals surface area (Å²) in [5.74, 6) is 0.604. The van der Waals surface area contributed by atoms with Crippen molar-refractivity contribution in [2.75, 3.05) is 26.2 Å². The first-order chi connectivity index (χ1) is 9.16. The molecule has 0 aromatic heterocycles. The lowest BCUT2D eigenvalue weighted by atomic mass is 9.94. The van der Waals surface area contributed by atoms with Crippen molar-refractivity contribution in [1.82, 2.24) is 15.1 Å². The molecule has 0 radical (unpaired) electrons. The van der Waals surface area contributed by atoms with E-state index in [0.717, 1.165) is 26.1 Å². The van der Waals surface area contributed by atoms with Gasteiger partial charge in [-0.2, -0.15) is 0 Å². The van der Waals surface area contributed by atoms with Crippen molar-refractivity contribution >= 4 is 5.91 Å². The molecule has 108 valence electrons. The van der Waals surface area contributed by atoms with E-state index >= 15 is 0 Å². The van der Waals surface area contributed by atoms with Gasteiger partial charge in [0.2, 0.25) is 5.91 Å². The van der Waals surface area contributed by atoms with Gasteiger partial charge in [-0.05, 0) is 46.2 Å². The fourth-order valence-electron chi connectivity index (χ4n) is 4.07. The third kappa shape index (κ3) is 2.52. The van der Waals surface area contributed by atoms with E-state index in [4.69, 9.17) is 0 Å². The van der Waals surface area contributed by atoms with Crippen molar-refractivity contribution in [1.29, 1.82) is 0 Å². The summed E-state index contributed by atoms with van der Waals surface area (Å²) >= 11 is 0. The fourth-order valence-corrected chi connectivity index (χ4v) is 4.07. The minimum atomic E-state index is 0.206. The number of carbonyl (C=O) groups is 1. The van der Waals surface area contributed by atoms with Gasteiger partial charge in [0.25, 0.3) is 0 Å². The summed E-state index contributed by atoms with van der Waals surface area (Å²) in [4.78, 5) is 17.5. The molecule has 4 nitrogen and oxygen atoms in total. The molecule has 3 aliphatic rings. The summed E-state index contributed by atoms with van der Waals surface area (Å²) in [6.45, 7) is 8.63. The summed E-state index contributed by atoms with van der Waals surface area (Å²) in [5.41, 5.74) is 0. The molecule has 3 rings (SSSR count). The molecular formula is C15H27N3O. The van der Waals surface area contributed by atoms with Crippen LogP contribution >= 0.6 is 0 Å². The van der Waals surface area contributed by atoms with Crippen molar-refractivity contribution in [2.24, 2.45) is 5.92 Å². The predicted molar refractivity (Wildman–Crippen MR) is 76.0 cm³/mol. The van der Waals surface area contributed by atoms with Crippen LogP contribution in [-0.2, 0) is 4.79 Å². The van der Waals surface area contributed by atoms with Crippen molar-refractivity contribution in [3.8, 4) is 0 Å². The van der Waals surface area contributed by atoms with Crippen LogP contribution in [0.15, 0.2) is 0 Å². The first-order valence-electron chi connectivity index (χ1n) is 7.94. The molecule has 0 aromatic rings. The van der Waals surface area contributed by atoms with Crippen LogP contribution in [0.1, 0.15) is 39.5 Å². The maximum atomic E-state index is 12.8. The van der Waals surface area contributed by atoms with Crippen molar-refractivity contribution in [3.63, 3.8) is 0 Å². The van der Waals surface area contributed by atoms with Crippen LogP contribution in [0.3, 0.4) is 0 Å². The van der Waals surface area contributed by atoms with Crippen molar-refractivity contribution in [3.05, 3.63) is 0 Å². The Hall–Kier alpha value is -0.610. The van der Waals surface area contributed by atoms with Crippen LogP contribution in [0.25, 0.3) is 0 Å². The molecule has 0 saturated carbocycles. The number of nitrogens with zero attached hydrogens (tertiary/aromatic N) is 2. The molecule has 4 atom stereocenters. The van der Waals surface area contributed by atoms with E-state index in [1.807, 2.05) is 0 Å². The van der Waals surface area contributed by atoms with E-state index in [0.29, 0.717) is 24.0 Å². The second kappa shape index (κ2) is 5.41. The molecule has 3 heterocycles. The van der Waals surface area contributed by atoms with Crippen molar-refractivity contribution in [2.45, 2.75) is 57.7 Å². The molecule has 19 heavy (non-hydrogen) atoms. The van der Waals surface area contributed by atoms with Gasteiger partial charge in [-0.3, -0.25) is 9.69 Å². The lowest BCUT2D eigenvalue weighted by Gasteiger charge is -2.48. The zero-order valence-corrected chi connectivity index (χ0v) is 12.3. The number of rotatable bonds is 1. The Morgan fingerprint density at radius 2 is 2.00 bits per heavy atom. The number of piperazine rings is 1. The van der Waals surface area contributed by atoms with Gasteiger partial charge in [0, 0.05) is 31.2 Å². The smallest absolute Gasteiger partial charge is 0.227 e. The molecule has 0 spiro atoms. The third-order valence-corrected chi connectivity index (χ3v) is 5.31. The average Bonchev–Trinajstić information content (AvgIpc) is 2.83. The number of nitrogens with one attached hydrogen (secondary N) is 1. The molecule has 3 aliphatic heterocycles. The monoisotopic (exact) mass is 265 g/mol.